The van der Waals surface area contributed by atoms with Gasteiger partial charge >= 0.3 is 0 Å². The van der Waals surface area contributed by atoms with Crippen molar-refractivity contribution in [2.24, 2.45) is 5.90 Å². The molecule has 0 aliphatic carbocycles. The van der Waals surface area contributed by atoms with E-state index < -0.39 is 0 Å². The lowest BCUT2D eigenvalue weighted by Gasteiger charge is -2.05. The van der Waals surface area contributed by atoms with Gasteiger partial charge in [0.1, 0.15) is 5.75 Å². The molecule has 3 heteroatoms. The van der Waals surface area contributed by atoms with Gasteiger partial charge in [-0.15, -0.1) is 0 Å². The summed E-state index contributed by atoms with van der Waals surface area (Å²) in [5.74, 6) is 5.84. The van der Waals surface area contributed by atoms with Gasteiger partial charge in [0.05, 0.1) is 13.2 Å². The van der Waals surface area contributed by atoms with Crippen LogP contribution in [-0.4, -0.2) is 13.2 Å². The normalized spacial score (nSPS) is 10.0. The number of rotatable bonds is 5. The smallest absolute Gasteiger partial charge is 0.119 e. The first-order valence-corrected chi connectivity index (χ1v) is 4.40. The maximum atomic E-state index is 5.35. The van der Waals surface area contributed by atoms with E-state index in [9.17, 15) is 0 Å². The van der Waals surface area contributed by atoms with Crippen LogP contribution in [0, 0.1) is 0 Å². The first kappa shape index (κ1) is 10.0. The van der Waals surface area contributed by atoms with Gasteiger partial charge in [-0.25, -0.2) is 5.90 Å². The van der Waals surface area contributed by atoms with Crippen molar-refractivity contribution in [3.8, 4) is 5.75 Å². The van der Waals surface area contributed by atoms with Crippen molar-refractivity contribution in [1.82, 2.24) is 0 Å². The van der Waals surface area contributed by atoms with E-state index in [4.69, 9.17) is 10.6 Å². The predicted molar refractivity (Wildman–Crippen MR) is 51.5 cm³/mol. The third-order valence-electron chi connectivity index (χ3n) is 1.72. The molecule has 0 saturated heterocycles. The summed E-state index contributed by atoms with van der Waals surface area (Å²) in [5, 5.41) is 0. The fraction of sp³-hybridized carbons (Fsp3) is 0.400. The lowest BCUT2D eigenvalue weighted by molar-refractivity contribution is 0.141. The Balaban J connectivity index is 2.56. The molecular weight excluding hydrogens is 166 g/mol. The minimum atomic E-state index is 0.537. The van der Waals surface area contributed by atoms with Crippen LogP contribution in [0.2, 0.25) is 0 Å². The first-order chi connectivity index (χ1) is 6.36. The zero-order valence-corrected chi connectivity index (χ0v) is 7.82. The summed E-state index contributed by atoms with van der Waals surface area (Å²) in [6.45, 7) is 3.20. The molecule has 0 aliphatic heterocycles. The summed E-state index contributed by atoms with van der Waals surface area (Å²) in [6, 6.07) is 7.94. The number of hydrogen-bond donors (Lipinski definition) is 1. The predicted octanol–water partition coefficient (Wildman–Crippen LogP) is 1.52. The van der Waals surface area contributed by atoms with Crippen molar-refractivity contribution in [3.05, 3.63) is 29.8 Å². The summed E-state index contributed by atoms with van der Waals surface area (Å²) < 4.78 is 5.35. The molecule has 0 spiro atoms. The third kappa shape index (κ3) is 3.44. The van der Waals surface area contributed by atoms with E-state index in [0.717, 1.165) is 12.2 Å². The lowest BCUT2D eigenvalue weighted by atomic mass is 10.1. The van der Waals surface area contributed by atoms with Gasteiger partial charge in [-0.2, -0.15) is 0 Å². The molecule has 0 heterocycles. The molecule has 1 aromatic rings. The van der Waals surface area contributed by atoms with Crippen LogP contribution in [0.3, 0.4) is 0 Å². The molecule has 0 bridgehead atoms. The molecule has 0 fully saturated rings. The van der Waals surface area contributed by atoms with Crippen molar-refractivity contribution in [2.75, 3.05) is 13.2 Å². The Morgan fingerprint density at radius 1 is 1.38 bits per heavy atom. The monoisotopic (exact) mass is 181 g/mol. The zero-order chi connectivity index (χ0) is 9.52. The van der Waals surface area contributed by atoms with Gasteiger partial charge in [-0.1, -0.05) is 12.1 Å². The van der Waals surface area contributed by atoms with Gasteiger partial charge < -0.3 is 9.57 Å². The molecule has 1 rings (SSSR count). The van der Waals surface area contributed by atoms with Crippen LogP contribution in [0.1, 0.15) is 12.5 Å². The lowest BCUT2D eigenvalue weighted by Crippen LogP contribution is -2.03. The Bertz CT molecular complexity index is 250. The van der Waals surface area contributed by atoms with Crippen LogP contribution in [0.15, 0.2) is 24.3 Å². The Labute approximate surface area is 78.4 Å². The van der Waals surface area contributed by atoms with Crippen molar-refractivity contribution >= 4 is 0 Å². The first-order valence-electron chi connectivity index (χ1n) is 4.40. The molecule has 0 aliphatic rings. The van der Waals surface area contributed by atoms with E-state index in [2.05, 4.69) is 4.84 Å². The van der Waals surface area contributed by atoms with Gasteiger partial charge in [0.2, 0.25) is 0 Å². The number of nitrogens with two attached hydrogens (primary N) is 1. The number of ether oxygens (including phenoxy) is 1. The van der Waals surface area contributed by atoms with Gasteiger partial charge in [-0.05, 0) is 31.0 Å². The van der Waals surface area contributed by atoms with E-state index in [1.165, 1.54) is 5.56 Å². The maximum absolute atomic E-state index is 5.35. The van der Waals surface area contributed by atoms with E-state index >= 15 is 0 Å². The van der Waals surface area contributed by atoms with Gasteiger partial charge in [-0.3, -0.25) is 0 Å². The molecule has 13 heavy (non-hydrogen) atoms. The number of hydrogen-bond acceptors (Lipinski definition) is 3. The minimum Gasteiger partial charge on any atom is -0.494 e. The molecule has 0 unspecified atom stereocenters. The average molecular weight is 181 g/mol. The quantitative estimate of drug-likeness (QED) is 0.700. The van der Waals surface area contributed by atoms with Crippen LogP contribution in [0.4, 0.5) is 0 Å². The van der Waals surface area contributed by atoms with Crippen molar-refractivity contribution < 1.29 is 9.57 Å². The molecule has 0 radical (unpaired) electrons. The van der Waals surface area contributed by atoms with Crippen LogP contribution in [0.5, 0.6) is 5.75 Å². The molecule has 3 nitrogen and oxygen atoms in total. The SMILES string of the molecule is CCOc1cccc(CCON)c1. The van der Waals surface area contributed by atoms with Gasteiger partial charge in [0.25, 0.3) is 0 Å². The van der Waals surface area contributed by atoms with Crippen molar-refractivity contribution in [1.29, 1.82) is 0 Å². The van der Waals surface area contributed by atoms with Crippen molar-refractivity contribution in [2.45, 2.75) is 13.3 Å². The molecule has 72 valence electrons. The third-order valence-corrected chi connectivity index (χ3v) is 1.72. The Hall–Kier alpha value is -1.06. The Kier molecular flexibility index (Phi) is 4.29. The molecular formula is C10H15NO2. The van der Waals surface area contributed by atoms with Crippen LogP contribution in [0.25, 0.3) is 0 Å². The molecule has 0 atom stereocenters. The molecule has 0 saturated carbocycles. The van der Waals surface area contributed by atoms with Crippen LogP contribution >= 0.6 is 0 Å². The largest absolute Gasteiger partial charge is 0.494 e. The molecule has 2 N–H and O–H groups in total. The van der Waals surface area contributed by atoms with E-state index in [1.807, 2.05) is 31.2 Å². The highest BCUT2D eigenvalue weighted by molar-refractivity contribution is 5.28. The molecule has 1 aromatic carbocycles. The van der Waals surface area contributed by atoms with E-state index in [1.54, 1.807) is 0 Å². The minimum absolute atomic E-state index is 0.537. The summed E-state index contributed by atoms with van der Waals surface area (Å²) in [6.07, 6.45) is 0.817. The summed E-state index contributed by atoms with van der Waals surface area (Å²) in [4.78, 5) is 4.50. The van der Waals surface area contributed by atoms with Gasteiger partial charge in [0.15, 0.2) is 0 Å². The van der Waals surface area contributed by atoms with E-state index in [-0.39, 0.29) is 0 Å². The molecule has 0 amide bonds. The molecule has 0 aromatic heterocycles. The maximum Gasteiger partial charge on any atom is 0.119 e. The zero-order valence-electron chi connectivity index (χ0n) is 7.82. The second-order valence-electron chi connectivity index (χ2n) is 2.70. The summed E-state index contributed by atoms with van der Waals surface area (Å²) >= 11 is 0. The highest BCUT2D eigenvalue weighted by Gasteiger charge is 1.95. The Morgan fingerprint density at radius 2 is 2.23 bits per heavy atom. The van der Waals surface area contributed by atoms with Crippen LogP contribution < -0.4 is 10.6 Å². The topological polar surface area (TPSA) is 44.5 Å². The Morgan fingerprint density at radius 3 is 2.92 bits per heavy atom. The van der Waals surface area contributed by atoms with E-state index in [0.29, 0.717) is 13.2 Å². The average Bonchev–Trinajstić information content (AvgIpc) is 2.16. The fourth-order valence-corrected chi connectivity index (χ4v) is 1.13. The van der Waals surface area contributed by atoms with Crippen molar-refractivity contribution in [3.63, 3.8) is 0 Å². The second kappa shape index (κ2) is 5.56. The number of benzene rings is 1. The summed E-state index contributed by atoms with van der Waals surface area (Å²) in [5.41, 5.74) is 1.18. The highest BCUT2D eigenvalue weighted by atomic mass is 16.6. The highest BCUT2D eigenvalue weighted by Crippen LogP contribution is 2.13. The standard InChI is InChI=1S/C10H15NO2/c1-2-12-10-5-3-4-9(8-10)6-7-13-11/h3-5,8H,2,6-7,11H2,1H3. The van der Waals surface area contributed by atoms with Gasteiger partial charge in [0, 0.05) is 0 Å². The summed E-state index contributed by atoms with van der Waals surface area (Å²) in [7, 11) is 0. The fourth-order valence-electron chi connectivity index (χ4n) is 1.13. The van der Waals surface area contributed by atoms with Crippen LogP contribution in [-0.2, 0) is 11.3 Å². The second-order valence-corrected chi connectivity index (χ2v) is 2.70.